The first kappa shape index (κ1) is 7.03. The lowest BCUT2D eigenvalue weighted by Crippen LogP contribution is -2.15. The molecule has 11 heavy (non-hydrogen) atoms. The van der Waals surface area contributed by atoms with Gasteiger partial charge in [0.15, 0.2) is 11.3 Å². The molecule has 0 N–H and O–H groups in total. The molecule has 0 amide bonds. The van der Waals surface area contributed by atoms with E-state index in [9.17, 15) is 0 Å². The van der Waals surface area contributed by atoms with Crippen LogP contribution in [0.1, 0.15) is 25.6 Å². The first-order chi connectivity index (χ1) is 5.27. The summed E-state index contributed by atoms with van der Waals surface area (Å²) in [7, 11) is -0.640. The Morgan fingerprint density at radius 3 is 2.64 bits per heavy atom. The highest BCUT2D eigenvalue weighted by Crippen LogP contribution is 2.20. The fraction of sp³-hybridized carbons (Fsp3) is 0.714. The molecule has 1 aromatic rings. The molecule has 0 unspecified atom stereocenters. The van der Waals surface area contributed by atoms with Crippen molar-refractivity contribution < 1.29 is 4.52 Å². The molecule has 0 aliphatic carbocycles. The Labute approximate surface area is 67.4 Å². The van der Waals surface area contributed by atoms with Gasteiger partial charge < -0.3 is 4.52 Å². The van der Waals surface area contributed by atoms with Gasteiger partial charge in [-0.05, 0) is 0 Å². The van der Waals surface area contributed by atoms with Gasteiger partial charge in [0.25, 0.3) is 0 Å². The lowest BCUT2D eigenvalue weighted by atomic mass is 10.2. The molecule has 4 heteroatoms. The molecule has 3 nitrogen and oxygen atoms in total. The van der Waals surface area contributed by atoms with Crippen molar-refractivity contribution in [1.29, 1.82) is 0 Å². The normalized spacial score (nSPS) is 17.7. The third kappa shape index (κ3) is 1.35. The van der Waals surface area contributed by atoms with Crippen molar-refractivity contribution in [3.05, 3.63) is 5.82 Å². The van der Waals surface area contributed by atoms with Crippen molar-refractivity contribution in [3.8, 4) is 0 Å². The van der Waals surface area contributed by atoms with E-state index in [1.54, 1.807) is 0 Å². The van der Waals surface area contributed by atoms with E-state index >= 15 is 0 Å². The maximum Gasteiger partial charge on any atom is 0.195 e. The highest BCUT2D eigenvalue weighted by Gasteiger charge is 2.32. The Morgan fingerprint density at radius 1 is 1.45 bits per heavy atom. The van der Waals surface area contributed by atoms with Crippen molar-refractivity contribution in [3.63, 3.8) is 0 Å². The zero-order valence-corrected chi connectivity index (χ0v) is 8.03. The van der Waals surface area contributed by atoms with Crippen LogP contribution in [0.4, 0.5) is 0 Å². The highest BCUT2D eigenvalue weighted by atomic mass is 28.3. The van der Waals surface area contributed by atoms with E-state index in [4.69, 9.17) is 4.52 Å². The van der Waals surface area contributed by atoms with Crippen LogP contribution >= 0.6 is 0 Å². The van der Waals surface area contributed by atoms with Gasteiger partial charge in [-0.15, -0.1) is 0 Å². The minimum Gasteiger partial charge on any atom is -0.346 e. The number of hydrogen-bond donors (Lipinski definition) is 0. The summed E-state index contributed by atoms with van der Waals surface area (Å²) in [5.41, 5.74) is 0.980. The molecule has 0 spiro atoms. The zero-order chi connectivity index (χ0) is 7.84. The van der Waals surface area contributed by atoms with Crippen LogP contribution in [-0.2, 0) is 0 Å². The standard InChI is InChI=1S/C7H12N2OSi/c1-5(2)6-8-7(10-9-6)11-3-4-11/h5,11H,3-4H2,1-2H3. The largest absolute Gasteiger partial charge is 0.346 e. The van der Waals surface area contributed by atoms with E-state index in [0.29, 0.717) is 5.92 Å². The Bertz CT molecular complexity index is 238. The summed E-state index contributed by atoms with van der Waals surface area (Å²) < 4.78 is 5.15. The van der Waals surface area contributed by atoms with Crippen LogP contribution in [-0.4, -0.2) is 18.9 Å². The molecule has 0 atom stereocenters. The van der Waals surface area contributed by atoms with Gasteiger partial charge in [0.1, 0.15) is 8.80 Å². The molecule has 0 bridgehead atoms. The zero-order valence-electron chi connectivity index (χ0n) is 6.87. The second-order valence-electron chi connectivity index (χ2n) is 3.42. The van der Waals surface area contributed by atoms with Crippen molar-refractivity contribution >= 4 is 14.3 Å². The number of nitrogens with zero attached hydrogens (tertiary/aromatic N) is 2. The minimum absolute atomic E-state index is 0.403. The molecule has 1 saturated heterocycles. The quantitative estimate of drug-likeness (QED) is 0.608. The first-order valence-electron chi connectivity index (χ1n) is 4.11. The Hall–Kier alpha value is -0.643. The van der Waals surface area contributed by atoms with Gasteiger partial charge in [0, 0.05) is 5.92 Å². The van der Waals surface area contributed by atoms with Crippen LogP contribution in [0.3, 0.4) is 0 Å². The van der Waals surface area contributed by atoms with Gasteiger partial charge in [-0.25, -0.2) is 4.98 Å². The first-order valence-corrected chi connectivity index (χ1v) is 6.32. The Kier molecular flexibility index (Phi) is 1.56. The van der Waals surface area contributed by atoms with E-state index < -0.39 is 8.80 Å². The van der Waals surface area contributed by atoms with E-state index in [2.05, 4.69) is 24.0 Å². The minimum atomic E-state index is -0.640. The predicted molar refractivity (Wildman–Crippen MR) is 44.8 cm³/mol. The molecule has 0 radical (unpaired) electrons. The molecular formula is C7H12N2OSi. The van der Waals surface area contributed by atoms with Gasteiger partial charge in [-0.3, -0.25) is 0 Å². The maximum absolute atomic E-state index is 5.15. The molecule has 0 saturated carbocycles. The summed E-state index contributed by atoms with van der Waals surface area (Å²) in [6, 6.07) is 2.72. The van der Waals surface area contributed by atoms with Gasteiger partial charge in [0.05, 0.1) is 0 Å². The Balaban J connectivity index is 2.18. The lowest BCUT2D eigenvalue weighted by Gasteiger charge is -1.91. The molecule has 1 fully saturated rings. The lowest BCUT2D eigenvalue weighted by molar-refractivity contribution is 0.431. The summed E-state index contributed by atoms with van der Waals surface area (Å²) in [5, 5.41) is 3.93. The van der Waals surface area contributed by atoms with Crippen LogP contribution < -0.4 is 5.51 Å². The van der Waals surface area contributed by atoms with Crippen molar-refractivity contribution in [2.45, 2.75) is 31.9 Å². The van der Waals surface area contributed by atoms with E-state index in [1.807, 2.05) is 0 Å². The molecule has 2 heterocycles. The molecule has 60 valence electrons. The molecule has 0 aromatic carbocycles. The number of rotatable bonds is 2. The van der Waals surface area contributed by atoms with Gasteiger partial charge >= 0.3 is 0 Å². The van der Waals surface area contributed by atoms with E-state index in [1.165, 1.54) is 12.1 Å². The molecule has 1 aromatic heterocycles. The van der Waals surface area contributed by atoms with Gasteiger partial charge in [-0.2, -0.15) is 0 Å². The second kappa shape index (κ2) is 2.44. The SMILES string of the molecule is CC(C)c1noc([SiH]2CC2)n1. The monoisotopic (exact) mass is 168 g/mol. The summed E-state index contributed by atoms with van der Waals surface area (Å²) in [5.74, 6) is 1.28. The van der Waals surface area contributed by atoms with Gasteiger partial charge in [0.2, 0.25) is 0 Å². The molecule has 1 aliphatic rings. The predicted octanol–water partition coefficient (Wildman–Crippen LogP) is 0.641. The van der Waals surface area contributed by atoms with Crippen LogP contribution in [0.2, 0.25) is 12.1 Å². The van der Waals surface area contributed by atoms with Gasteiger partial charge in [-0.1, -0.05) is 31.1 Å². The fourth-order valence-corrected chi connectivity index (χ4v) is 2.66. The van der Waals surface area contributed by atoms with Crippen molar-refractivity contribution in [2.75, 3.05) is 0 Å². The average molecular weight is 168 g/mol. The smallest absolute Gasteiger partial charge is 0.195 e. The third-order valence-corrected chi connectivity index (χ3v) is 3.99. The topological polar surface area (TPSA) is 38.9 Å². The highest BCUT2D eigenvalue weighted by molar-refractivity contribution is 6.80. The number of hydrogen-bond acceptors (Lipinski definition) is 3. The number of aromatic nitrogens is 2. The van der Waals surface area contributed by atoms with Crippen LogP contribution in [0.5, 0.6) is 0 Å². The molecular weight excluding hydrogens is 156 g/mol. The molecule has 1 aliphatic heterocycles. The van der Waals surface area contributed by atoms with Crippen LogP contribution in [0, 0.1) is 0 Å². The fourth-order valence-electron chi connectivity index (χ4n) is 0.978. The maximum atomic E-state index is 5.15. The van der Waals surface area contributed by atoms with Crippen molar-refractivity contribution in [1.82, 2.24) is 10.1 Å². The third-order valence-electron chi connectivity index (χ3n) is 1.90. The van der Waals surface area contributed by atoms with E-state index in [-0.39, 0.29) is 0 Å². The van der Waals surface area contributed by atoms with Crippen LogP contribution in [0.15, 0.2) is 4.52 Å². The summed E-state index contributed by atoms with van der Waals surface area (Å²) in [6.07, 6.45) is 0. The second-order valence-corrected chi connectivity index (χ2v) is 6.46. The Morgan fingerprint density at radius 2 is 2.18 bits per heavy atom. The summed E-state index contributed by atoms with van der Waals surface area (Å²) >= 11 is 0. The van der Waals surface area contributed by atoms with E-state index in [0.717, 1.165) is 11.3 Å². The van der Waals surface area contributed by atoms with Crippen LogP contribution in [0.25, 0.3) is 0 Å². The average Bonchev–Trinajstić information content (AvgIpc) is 2.68. The van der Waals surface area contributed by atoms with Crippen molar-refractivity contribution in [2.24, 2.45) is 0 Å². The summed E-state index contributed by atoms with van der Waals surface area (Å²) in [4.78, 5) is 4.36. The molecule has 2 rings (SSSR count). The summed E-state index contributed by atoms with van der Waals surface area (Å²) in [6.45, 7) is 4.17.